The Kier molecular flexibility index (Phi) is 2.63. The van der Waals surface area contributed by atoms with E-state index in [1.807, 2.05) is 30.3 Å². The van der Waals surface area contributed by atoms with Crippen LogP contribution in [0.3, 0.4) is 0 Å². The maximum atomic E-state index is 10.5. The van der Waals surface area contributed by atoms with Crippen LogP contribution >= 0.6 is 0 Å². The standard InChI is InChI=1S/C12H11NO2/c1-15-12-10(6-7-14)8-9-4-2-3-5-11(9)13-12/h2-5,7-8H,6H2,1H3. The number of nitrogens with zero attached hydrogens (tertiary/aromatic N) is 1. The number of pyridine rings is 1. The van der Waals surface area contributed by atoms with Gasteiger partial charge in [-0.2, -0.15) is 0 Å². The van der Waals surface area contributed by atoms with Crippen molar-refractivity contribution in [2.45, 2.75) is 6.42 Å². The average Bonchev–Trinajstić information content (AvgIpc) is 2.28. The van der Waals surface area contributed by atoms with Gasteiger partial charge in [0, 0.05) is 17.4 Å². The van der Waals surface area contributed by atoms with Crippen LogP contribution in [0.5, 0.6) is 5.88 Å². The largest absolute Gasteiger partial charge is 0.481 e. The molecule has 1 heterocycles. The summed E-state index contributed by atoms with van der Waals surface area (Å²) in [5.41, 5.74) is 1.70. The second-order valence-electron chi connectivity index (χ2n) is 3.22. The second kappa shape index (κ2) is 4.09. The van der Waals surface area contributed by atoms with E-state index in [0.717, 1.165) is 22.8 Å². The third-order valence-corrected chi connectivity index (χ3v) is 2.26. The average molecular weight is 201 g/mol. The van der Waals surface area contributed by atoms with Gasteiger partial charge in [-0.3, -0.25) is 0 Å². The highest BCUT2D eigenvalue weighted by Crippen LogP contribution is 2.21. The Morgan fingerprint density at radius 3 is 2.93 bits per heavy atom. The lowest BCUT2D eigenvalue weighted by atomic mass is 10.1. The van der Waals surface area contributed by atoms with Crippen LogP contribution in [0, 0.1) is 0 Å². The van der Waals surface area contributed by atoms with Gasteiger partial charge in [0.05, 0.1) is 12.6 Å². The third-order valence-electron chi connectivity index (χ3n) is 2.26. The van der Waals surface area contributed by atoms with Gasteiger partial charge < -0.3 is 9.53 Å². The summed E-state index contributed by atoms with van der Waals surface area (Å²) < 4.78 is 5.14. The molecule has 2 aromatic rings. The molecule has 2 rings (SSSR count). The van der Waals surface area contributed by atoms with E-state index in [1.54, 1.807) is 7.11 Å². The Labute approximate surface area is 87.7 Å². The molecule has 0 saturated carbocycles. The first kappa shape index (κ1) is 9.65. The predicted molar refractivity (Wildman–Crippen MR) is 58.1 cm³/mol. The van der Waals surface area contributed by atoms with Gasteiger partial charge in [0.25, 0.3) is 0 Å². The number of aldehydes is 1. The fraction of sp³-hybridized carbons (Fsp3) is 0.167. The van der Waals surface area contributed by atoms with E-state index in [9.17, 15) is 4.79 Å². The fourth-order valence-corrected chi connectivity index (χ4v) is 1.55. The van der Waals surface area contributed by atoms with E-state index in [4.69, 9.17) is 4.74 Å². The van der Waals surface area contributed by atoms with Crippen molar-refractivity contribution in [3.63, 3.8) is 0 Å². The molecule has 0 aliphatic carbocycles. The van der Waals surface area contributed by atoms with Crippen molar-refractivity contribution < 1.29 is 9.53 Å². The zero-order valence-electron chi connectivity index (χ0n) is 8.43. The number of para-hydroxylation sites is 1. The Morgan fingerprint density at radius 1 is 1.40 bits per heavy atom. The third kappa shape index (κ3) is 1.81. The summed E-state index contributed by atoms with van der Waals surface area (Å²) in [6, 6.07) is 9.70. The minimum atomic E-state index is 0.334. The molecule has 3 nitrogen and oxygen atoms in total. The van der Waals surface area contributed by atoms with Crippen LogP contribution in [0.25, 0.3) is 10.9 Å². The minimum absolute atomic E-state index is 0.334. The van der Waals surface area contributed by atoms with Gasteiger partial charge in [-0.25, -0.2) is 4.98 Å². The molecule has 1 aromatic carbocycles. The van der Waals surface area contributed by atoms with Gasteiger partial charge in [-0.05, 0) is 12.1 Å². The molecule has 0 fully saturated rings. The number of hydrogen-bond donors (Lipinski definition) is 0. The summed E-state index contributed by atoms with van der Waals surface area (Å²) in [6.45, 7) is 0. The molecule has 0 saturated heterocycles. The smallest absolute Gasteiger partial charge is 0.217 e. The number of carbonyl (C=O) groups excluding carboxylic acids is 1. The van der Waals surface area contributed by atoms with Crippen molar-refractivity contribution in [3.05, 3.63) is 35.9 Å². The highest BCUT2D eigenvalue weighted by atomic mass is 16.5. The normalized spacial score (nSPS) is 10.2. The predicted octanol–water partition coefficient (Wildman–Crippen LogP) is 1.98. The molecular weight excluding hydrogens is 190 g/mol. The maximum absolute atomic E-state index is 10.5. The zero-order valence-corrected chi connectivity index (χ0v) is 8.43. The number of hydrogen-bond acceptors (Lipinski definition) is 3. The number of rotatable bonds is 3. The molecule has 0 radical (unpaired) electrons. The molecule has 0 aliphatic heterocycles. The summed E-state index contributed by atoms with van der Waals surface area (Å²) in [5.74, 6) is 0.529. The van der Waals surface area contributed by atoms with Gasteiger partial charge >= 0.3 is 0 Å². The molecule has 0 bridgehead atoms. The molecule has 3 heteroatoms. The summed E-state index contributed by atoms with van der Waals surface area (Å²) in [6.07, 6.45) is 1.19. The monoisotopic (exact) mass is 201 g/mol. The summed E-state index contributed by atoms with van der Waals surface area (Å²) in [5, 5.41) is 1.02. The van der Waals surface area contributed by atoms with Crippen molar-refractivity contribution in [2.24, 2.45) is 0 Å². The maximum Gasteiger partial charge on any atom is 0.217 e. The van der Waals surface area contributed by atoms with Crippen molar-refractivity contribution in [1.82, 2.24) is 4.98 Å². The van der Waals surface area contributed by atoms with Gasteiger partial charge in [0.15, 0.2) is 0 Å². The first-order valence-electron chi connectivity index (χ1n) is 4.71. The SMILES string of the molecule is COc1nc2ccccc2cc1CC=O. The highest BCUT2D eigenvalue weighted by Gasteiger charge is 2.05. The first-order chi connectivity index (χ1) is 7.35. The van der Waals surface area contributed by atoms with Crippen LogP contribution in [-0.4, -0.2) is 18.4 Å². The van der Waals surface area contributed by atoms with E-state index in [0.29, 0.717) is 12.3 Å². The number of methoxy groups -OCH3 is 1. The highest BCUT2D eigenvalue weighted by molar-refractivity contribution is 5.80. The molecule has 0 amide bonds. The number of aromatic nitrogens is 1. The van der Waals surface area contributed by atoms with Crippen molar-refractivity contribution in [2.75, 3.05) is 7.11 Å². The number of fused-ring (bicyclic) bond motifs is 1. The van der Waals surface area contributed by atoms with Crippen LogP contribution < -0.4 is 4.74 Å². The summed E-state index contributed by atoms with van der Waals surface area (Å²) in [7, 11) is 1.56. The number of carbonyl (C=O) groups is 1. The molecule has 0 unspecified atom stereocenters. The van der Waals surface area contributed by atoms with Crippen LogP contribution in [-0.2, 0) is 11.2 Å². The van der Waals surface area contributed by atoms with Crippen LogP contribution in [0.15, 0.2) is 30.3 Å². The lowest BCUT2D eigenvalue weighted by molar-refractivity contribution is -0.107. The number of benzene rings is 1. The summed E-state index contributed by atoms with van der Waals surface area (Å²) in [4.78, 5) is 14.8. The van der Waals surface area contributed by atoms with Crippen molar-refractivity contribution in [1.29, 1.82) is 0 Å². The van der Waals surface area contributed by atoms with Crippen LogP contribution in [0.2, 0.25) is 0 Å². The summed E-state index contributed by atoms with van der Waals surface area (Å²) >= 11 is 0. The van der Waals surface area contributed by atoms with E-state index in [-0.39, 0.29) is 0 Å². The molecule has 0 aliphatic rings. The Hall–Kier alpha value is -1.90. The van der Waals surface area contributed by atoms with Gasteiger partial charge in [-0.1, -0.05) is 18.2 Å². The first-order valence-corrected chi connectivity index (χ1v) is 4.71. The molecule has 0 atom stereocenters. The van der Waals surface area contributed by atoms with E-state index in [2.05, 4.69) is 4.98 Å². The van der Waals surface area contributed by atoms with Crippen LogP contribution in [0.1, 0.15) is 5.56 Å². The van der Waals surface area contributed by atoms with E-state index >= 15 is 0 Å². The van der Waals surface area contributed by atoms with E-state index < -0.39 is 0 Å². The molecule has 1 aromatic heterocycles. The molecule has 15 heavy (non-hydrogen) atoms. The lowest BCUT2D eigenvalue weighted by Gasteiger charge is -2.06. The van der Waals surface area contributed by atoms with Crippen molar-refractivity contribution >= 4 is 17.2 Å². The molecular formula is C12H11NO2. The fourth-order valence-electron chi connectivity index (χ4n) is 1.55. The van der Waals surface area contributed by atoms with Crippen molar-refractivity contribution in [3.8, 4) is 5.88 Å². The van der Waals surface area contributed by atoms with Gasteiger partial charge in [-0.15, -0.1) is 0 Å². The quantitative estimate of drug-likeness (QED) is 0.713. The minimum Gasteiger partial charge on any atom is -0.481 e. The Morgan fingerprint density at radius 2 is 2.20 bits per heavy atom. The molecule has 0 N–H and O–H groups in total. The zero-order chi connectivity index (χ0) is 10.7. The molecule has 76 valence electrons. The van der Waals surface area contributed by atoms with E-state index in [1.165, 1.54) is 0 Å². The van der Waals surface area contributed by atoms with Gasteiger partial charge in [0.2, 0.25) is 5.88 Å². The van der Waals surface area contributed by atoms with Crippen LogP contribution in [0.4, 0.5) is 0 Å². The molecule has 0 spiro atoms. The lowest BCUT2D eigenvalue weighted by Crippen LogP contribution is -1.96. The second-order valence-corrected chi connectivity index (χ2v) is 3.22. The number of ether oxygens (including phenoxy) is 1. The topological polar surface area (TPSA) is 39.2 Å². The van der Waals surface area contributed by atoms with Gasteiger partial charge in [0.1, 0.15) is 6.29 Å². The Balaban J connectivity index is 2.63. The Bertz CT molecular complexity index is 494.